The smallest absolute Gasteiger partial charge is 0.242 e. The lowest BCUT2D eigenvalue weighted by molar-refractivity contribution is -0.121. The molecule has 1 aliphatic rings. The van der Waals surface area contributed by atoms with Gasteiger partial charge >= 0.3 is 0 Å². The van der Waals surface area contributed by atoms with E-state index in [0.29, 0.717) is 16.8 Å². The van der Waals surface area contributed by atoms with Crippen molar-refractivity contribution in [3.63, 3.8) is 0 Å². The number of anilines is 1. The Morgan fingerprint density at radius 2 is 1.96 bits per heavy atom. The van der Waals surface area contributed by atoms with Crippen LogP contribution in [0.5, 0.6) is 0 Å². The van der Waals surface area contributed by atoms with Gasteiger partial charge in [-0.1, -0.05) is 41.9 Å². The van der Waals surface area contributed by atoms with Crippen LogP contribution in [-0.4, -0.2) is 53.4 Å². The van der Waals surface area contributed by atoms with Crippen LogP contribution in [0.4, 0.5) is 5.82 Å². The van der Waals surface area contributed by atoms with E-state index in [1.54, 1.807) is 18.3 Å². The summed E-state index contributed by atoms with van der Waals surface area (Å²) in [6, 6.07) is 13.9. The molecule has 1 N–H and O–H groups in total. The molecule has 28 heavy (non-hydrogen) atoms. The number of nitrogens with zero attached hydrogens (tertiary/aromatic N) is 3. The van der Waals surface area contributed by atoms with Gasteiger partial charge in [-0.2, -0.15) is 0 Å². The summed E-state index contributed by atoms with van der Waals surface area (Å²) in [5.74, 6) is 1.20. The average molecular weight is 401 g/mol. The number of likely N-dealkylation sites (tertiary alicyclic amines) is 1. The van der Waals surface area contributed by atoms with Crippen LogP contribution in [0.15, 0.2) is 48.7 Å². The molecule has 2 aromatic rings. The van der Waals surface area contributed by atoms with E-state index in [0.717, 1.165) is 39.0 Å². The minimum atomic E-state index is -0.166. The van der Waals surface area contributed by atoms with E-state index < -0.39 is 0 Å². The third-order valence-electron chi connectivity index (χ3n) is 5.42. The maximum atomic E-state index is 12.5. The summed E-state index contributed by atoms with van der Waals surface area (Å²) in [4.78, 5) is 21.3. The first kappa shape index (κ1) is 20.8. The van der Waals surface area contributed by atoms with Gasteiger partial charge in [0.2, 0.25) is 5.91 Å². The van der Waals surface area contributed by atoms with Crippen LogP contribution in [0.3, 0.4) is 0 Å². The van der Waals surface area contributed by atoms with Gasteiger partial charge < -0.3 is 10.2 Å². The fourth-order valence-electron chi connectivity index (χ4n) is 3.77. The predicted molar refractivity (Wildman–Crippen MR) is 114 cm³/mol. The molecule has 1 aliphatic heterocycles. The van der Waals surface area contributed by atoms with Gasteiger partial charge in [0.25, 0.3) is 0 Å². The topological polar surface area (TPSA) is 48.5 Å². The number of carbonyl (C=O) groups is 1. The van der Waals surface area contributed by atoms with Gasteiger partial charge in [-0.05, 0) is 63.5 Å². The molecule has 2 heterocycles. The molecule has 3 rings (SSSR count). The van der Waals surface area contributed by atoms with Gasteiger partial charge in [0.1, 0.15) is 5.82 Å². The molecule has 0 bridgehead atoms. The van der Waals surface area contributed by atoms with E-state index in [1.165, 1.54) is 5.56 Å². The maximum absolute atomic E-state index is 12.5. The second kappa shape index (κ2) is 10.0. The Hall–Kier alpha value is -1.95. The highest BCUT2D eigenvalue weighted by Gasteiger charge is 2.27. The molecule has 5 nitrogen and oxygen atoms in total. The van der Waals surface area contributed by atoms with Gasteiger partial charge in [-0.3, -0.25) is 9.69 Å². The van der Waals surface area contributed by atoms with E-state index >= 15 is 0 Å². The Balaban J connectivity index is 1.42. The largest absolute Gasteiger partial charge is 0.309 e. The lowest BCUT2D eigenvalue weighted by atomic mass is 9.95. The monoisotopic (exact) mass is 400 g/mol. The first-order chi connectivity index (χ1) is 13.5. The lowest BCUT2D eigenvalue weighted by Crippen LogP contribution is -2.47. The van der Waals surface area contributed by atoms with Gasteiger partial charge in [-0.25, -0.2) is 4.98 Å². The number of hydrogen-bond acceptors (Lipinski definition) is 4. The van der Waals surface area contributed by atoms with Crippen molar-refractivity contribution in [2.75, 3.05) is 32.0 Å². The number of piperidine rings is 1. The molecule has 0 radical (unpaired) electrons. The van der Waals surface area contributed by atoms with E-state index in [-0.39, 0.29) is 11.9 Å². The van der Waals surface area contributed by atoms with Gasteiger partial charge in [0, 0.05) is 19.3 Å². The van der Waals surface area contributed by atoms with Crippen molar-refractivity contribution < 1.29 is 4.79 Å². The van der Waals surface area contributed by atoms with E-state index in [1.807, 2.05) is 6.92 Å². The Morgan fingerprint density at radius 1 is 1.25 bits per heavy atom. The predicted octanol–water partition coefficient (Wildman–Crippen LogP) is 3.91. The third-order valence-corrected chi connectivity index (χ3v) is 5.64. The minimum absolute atomic E-state index is 0.0190. The average Bonchev–Trinajstić information content (AvgIpc) is 2.70. The maximum Gasteiger partial charge on any atom is 0.242 e. The van der Waals surface area contributed by atoms with Crippen LogP contribution in [0.1, 0.15) is 25.3 Å². The van der Waals surface area contributed by atoms with Crippen LogP contribution in [-0.2, 0) is 11.3 Å². The first-order valence-corrected chi connectivity index (χ1v) is 10.3. The summed E-state index contributed by atoms with van der Waals surface area (Å²) in [7, 11) is 2.19. The van der Waals surface area contributed by atoms with Crippen molar-refractivity contribution in [2.45, 2.75) is 32.4 Å². The molecule has 150 valence electrons. The molecule has 0 saturated carbocycles. The Morgan fingerprint density at radius 3 is 2.61 bits per heavy atom. The zero-order valence-corrected chi connectivity index (χ0v) is 17.4. The highest BCUT2D eigenvalue weighted by atomic mass is 35.5. The van der Waals surface area contributed by atoms with Gasteiger partial charge in [-0.15, -0.1) is 0 Å². The highest BCUT2D eigenvalue weighted by Crippen LogP contribution is 2.21. The number of nitrogens with one attached hydrogen (secondary N) is 1. The van der Waals surface area contributed by atoms with Gasteiger partial charge in [0.15, 0.2) is 0 Å². The molecule has 1 saturated heterocycles. The normalized spacial score (nSPS) is 16.9. The molecular weight excluding hydrogens is 372 g/mol. The number of hydrogen-bond donors (Lipinski definition) is 1. The molecule has 6 heteroatoms. The SMILES string of the molecule is CC(C(=O)Nc1ccc(Cl)cn1)N1CCC(CN(C)Cc2ccccc2)CC1. The minimum Gasteiger partial charge on any atom is -0.309 e. The fraction of sp³-hybridized carbons (Fsp3) is 0.455. The fourth-order valence-corrected chi connectivity index (χ4v) is 3.88. The molecular formula is C22H29ClN4O. The summed E-state index contributed by atoms with van der Waals surface area (Å²) < 4.78 is 0. The van der Waals surface area contributed by atoms with Crippen molar-refractivity contribution in [1.29, 1.82) is 0 Å². The molecule has 1 amide bonds. The Bertz CT molecular complexity index is 745. The number of carbonyl (C=O) groups excluding carboxylic acids is 1. The zero-order chi connectivity index (χ0) is 19.9. The van der Waals surface area contributed by atoms with Crippen molar-refractivity contribution in [1.82, 2.24) is 14.8 Å². The number of benzene rings is 1. The Labute approximate surface area is 172 Å². The van der Waals surface area contributed by atoms with E-state index in [9.17, 15) is 4.79 Å². The van der Waals surface area contributed by atoms with Crippen molar-refractivity contribution in [3.05, 3.63) is 59.2 Å². The highest BCUT2D eigenvalue weighted by molar-refractivity contribution is 6.30. The van der Waals surface area contributed by atoms with E-state index in [4.69, 9.17) is 11.6 Å². The second-order valence-corrected chi connectivity index (χ2v) is 8.13. The number of halogens is 1. The molecule has 1 fully saturated rings. The number of rotatable bonds is 7. The number of aromatic nitrogens is 1. The van der Waals surface area contributed by atoms with Crippen LogP contribution in [0, 0.1) is 5.92 Å². The quantitative estimate of drug-likeness (QED) is 0.765. The van der Waals surface area contributed by atoms with Gasteiger partial charge in [0.05, 0.1) is 11.1 Å². The summed E-state index contributed by atoms with van der Waals surface area (Å²) in [6.07, 6.45) is 3.78. The van der Waals surface area contributed by atoms with Crippen LogP contribution >= 0.6 is 11.6 Å². The molecule has 1 atom stereocenters. The number of amides is 1. The molecule has 1 aromatic heterocycles. The second-order valence-electron chi connectivity index (χ2n) is 7.69. The Kier molecular flexibility index (Phi) is 7.43. The first-order valence-electron chi connectivity index (χ1n) is 9.90. The van der Waals surface area contributed by atoms with Crippen LogP contribution in [0.2, 0.25) is 5.02 Å². The van der Waals surface area contributed by atoms with Crippen LogP contribution < -0.4 is 5.32 Å². The summed E-state index contributed by atoms with van der Waals surface area (Å²) in [5.41, 5.74) is 1.35. The molecule has 1 aromatic carbocycles. The standard InChI is InChI=1S/C22H29ClN4O/c1-17(22(28)25-21-9-8-20(23)14-24-21)27-12-10-19(11-13-27)16-26(2)15-18-6-4-3-5-7-18/h3-9,14,17,19H,10-13,15-16H2,1-2H3,(H,24,25,28). The lowest BCUT2D eigenvalue weighted by Gasteiger charge is -2.36. The zero-order valence-electron chi connectivity index (χ0n) is 16.6. The van der Waals surface area contributed by atoms with Crippen LogP contribution in [0.25, 0.3) is 0 Å². The number of pyridine rings is 1. The third kappa shape index (κ3) is 6.03. The van der Waals surface area contributed by atoms with Crippen molar-refractivity contribution in [2.24, 2.45) is 5.92 Å². The molecule has 0 spiro atoms. The molecule has 1 unspecified atom stereocenters. The summed E-state index contributed by atoms with van der Waals surface area (Å²) >= 11 is 5.84. The van der Waals surface area contributed by atoms with E-state index in [2.05, 4.69) is 57.5 Å². The van der Waals surface area contributed by atoms with Crippen molar-refractivity contribution >= 4 is 23.3 Å². The van der Waals surface area contributed by atoms with Crippen molar-refractivity contribution in [3.8, 4) is 0 Å². The summed E-state index contributed by atoms with van der Waals surface area (Å²) in [5, 5.41) is 3.44. The molecule has 0 aliphatic carbocycles. The summed E-state index contributed by atoms with van der Waals surface area (Å²) in [6.45, 7) is 5.94.